The first kappa shape index (κ1) is 32.1. The highest BCUT2D eigenvalue weighted by atomic mass is 35.5. The number of thioether (sulfide) groups is 2. The number of ether oxygens (including phenoxy) is 3. The third-order valence-corrected chi connectivity index (χ3v) is 6.25. The first-order valence-corrected chi connectivity index (χ1v) is 14.9. The largest absolute Gasteiger partial charge is 0.494 e. The van der Waals surface area contributed by atoms with Crippen LogP contribution >= 0.6 is 35.1 Å². The van der Waals surface area contributed by atoms with Gasteiger partial charge >= 0.3 is 11.9 Å². The summed E-state index contributed by atoms with van der Waals surface area (Å²) in [6, 6.07) is 6.00. The molecule has 2 heterocycles. The zero-order valence-corrected chi connectivity index (χ0v) is 25.1. The van der Waals surface area contributed by atoms with Gasteiger partial charge in [0.1, 0.15) is 27.8 Å². The van der Waals surface area contributed by atoms with Gasteiger partial charge in [-0.2, -0.15) is 0 Å². The number of halogens is 1. The molecule has 0 atom stereocenters. The van der Waals surface area contributed by atoms with Gasteiger partial charge in [0, 0.05) is 18.9 Å². The second-order valence-corrected chi connectivity index (χ2v) is 9.41. The molecule has 0 bridgehead atoms. The minimum Gasteiger partial charge on any atom is -0.494 e. The number of carbonyl (C=O) groups excluding carboxylic acids is 2. The molecule has 0 spiro atoms. The molecule has 0 aliphatic rings. The minimum absolute atomic E-state index is 0.128. The third-order valence-electron chi connectivity index (χ3n) is 4.84. The quantitative estimate of drug-likeness (QED) is 0.126. The van der Waals surface area contributed by atoms with Crippen LogP contribution in [0.4, 0.5) is 5.82 Å². The van der Waals surface area contributed by atoms with Gasteiger partial charge in [-0.15, -0.1) is 0 Å². The van der Waals surface area contributed by atoms with Crippen molar-refractivity contribution in [2.75, 3.05) is 37.6 Å². The predicted octanol–water partition coefficient (Wildman–Crippen LogP) is 5.72. The van der Waals surface area contributed by atoms with Crippen molar-refractivity contribution in [2.24, 2.45) is 0 Å². The molecule has 0 radical (unpaired) electrons. The van der Waals surface area contributed by atoms with E-state index >= 15 is 0 Å². The Labute approximate surface area is 242 Å². The van der Waals surface area contributed by atoms with E-state index in [1.165, 1.54) is 35.9 Å². The number of hydrogen-bond donors (Lipinski definition) is 1. The molecule has 1 aromatic carbocycles. The lowest BCUT2D eigenvalue weighted by molar-refractivity contribution is 0.0516. The van der Waals surface area contributed by atoms with Crippen molar-refractivity contribution < 1.29 is 23.8 Å². The summed E-state index contributed by atoms with van der Waals surface area (Å²) in [5.74, 6) is 0.431. The molecule has 0 saturated heterocycles. The van der Waals surface area contributed by atoms with Crippen LogP contribution in [0.5, 0.6) is 5.75 Å². The maximum atomic E-state index is 12.1. The SMILES string of the molecule is CCOC(=O)c1cnc(SC)nc1Cl.CCOC(=O)c1cnc(SC)nc1NCc1ccc(OCC)c(C)c1. The van der Waals surface area contributed by atoms with Crippen molar-refractivity contribution in [1.29, 1.82) is 0 Å². The molecule has 0 amide bonds. The summed E-state index contributed by atoms with van der Waals surface area (Å²) in [6.07, 6.45) is 6.59. The number of hydrogen-bond acceptors (Lipinski definition) is 12. The second kappa shape index (κ2) is 16.8. The molecule has 1 N–H and O–H groups in total. The van der Waals surface area contributed by atoms with Gasteiger partial charge in [-0.25, -0.2) is 29.5 Å². The number of esters is 2. The minimum atomic E-state index is -0.495. The highest BCUT2D eigenvalue weighted by molar-refractivity contribution is 7.98. The Morgan fingerprint density at radius 2 is 1.49 bits per heavy atom. The molecule has 210 valence electrons. The molecule has 0 aliphatic carbocycles. The van der Waals surface area contributed by atoms with Crippen LogP contribution in [-0.4, -0.2) is 64.2 Å². The van der Waals surface area contributed by atoms with Gasteiger partial charge in [0.05, 0.1) is 19.8 Å². The molecule has 0 saturated carbocycles. The predicted molar refractivity (Wildman–Crippen MR) is 154 cm³/mol. The number of nitrogens with one attached hydrogen (secondary N) is 1. The molecular formula is C26H32ClN5O5S2. The van der Waals surface area contributed by atoms with E-state index in [0.29, 0.717) is 48.1 Å². The Kier molecular flexibility index (Phi) is 13.8. The lowest BCUT2D eigenvalue weighted by Gasteiger charge is -2.12. The summed E-state index contributed by atoms with van der Waals surface area (Å²) in [4.78, 5) is 39.7. The van der Waals surface area contributed by atoms with Crippen LogP contribution in [-0.2, 0) is 16.0 Å². The topological polar surface area (TPSA) is 125 Å². The van der Waals surface area contributed by atoms with E-state index in [2.05, 4.69) is 31.3 Å². The van der Waals surface area contributed by atoms with E-state index < -0.39 is 11.9 Å². The van der Waals surface area contributed by atoms with Crippen LogP contribution < -0.4 is 10.1 Å². The zero-order chi connectivity index (χ0) is 28.8. The average molecular weight is 594 g/mol. The Hall–Kier alpha value is -3.09. The Morgan fingerprint density at radius 1 is 0.897 bits per heavy atom. The number of rotatable bonds is 11. The molecular weight excluding hydrogens is 562 g/mol. The molecule has 39 heavy (non-hydrogen) atoms. The third kappa shape index (κ3) is 9.86. The zero-order valence-electron chi connectivity index (χ0n) is 22.7. The van der Waals surface area contributed by atoms with E-state index in [0.717, 1.165) is 16.9 Å². The van der Waals surface area contributed by atoms with Crippen molar-refractivity contribution in [3.63, 3.8) is 0 Å². The van der Waals surface area contributed by atoms with Gasteiger partial charge in [-0.1, -0.05) is 47.3 Å². The average Bonchev–Trinajstić information content (AvgIpc) is 2.93. The fourth-order valence-electron chi connectivity index (χ4n) is 3.07. The van der Waals surface area contributed by atoms with Crippen LogP contribution in [0.2, 0.25) is 5.15 Å². The normalized spacial score (nSPS) is 10.2. The molecule has 0 aliphatic heterocycles. The van der Waals surface area contributed by atoms with Gasteiger partial charge in [0.2, 0.25) is 0 Å². The van der Waals surface area contributed by atoms with E-state index in [1.54, 1.807) is 13.8 Å². The first-order chi connectivity index (χ1) is 18.8. The van der Waals surface area contributed by atoms with Crippen LogP contribution in [0, 0.1) is 6.92 Å². The van der Waals surface area contributed by atoms with E-state index in [9.17, 15) is 9.59 Å². The van der Waals surface area contributed by atoms with Gasteiger partial charge in [0.15, 0.2) is 10.3 Å². The van der Waals surface area contributed by atoms with E-state index in [4.69, 9.17) is 25.8 Å². The molecule has 0 unspecified atom stereocenters. The second-order valence-electron chi connectivity index (χ2n) is 7.51. The summed E-state index contributed by atoms with van der Waals surface area (Å²) in [6.45, 7) is 9.25. The molecule has 3 aromatic rings. The molecule has 0 fully saturated rings. The van der Waals surface area contributed by atoms with Crippen molar-refractivity contribution in [2.45, 2.75) is 44.6 Å². The molecule has 10 nitrogen and oxygen atoms in total. The Balaban J connectivity index is 0.000000322. The number of aromatic nitrogens is 4. The van der Waals surface area contributed by atoms with Gasteiger partial charge < -0.3 is 19.5 Å². The number of benzene rings is 1. The summed E-state index contributed by atoms with van der Waals surface area (Å²) < 4.78 is 15.4. The molecule has 3 rings (SSSR count). The summed E-state index contributed by atoms with van der Waals surface area (Å²) >= 11 is 8.55. The van der Waals surface area contributed by atoms with Crippen LogP contribution in [0.25, 0.3) is 0 Å². The smallest absolute Gasteiger partial charge is 0.343 e. The maximum absolute atomic E-state index is 12.1. The molecule has 2 aromatic heterocycles. The van der Waals surface area contributed by atoms with Gasteiger partial charge in [0.25, 0.3) is 0 Å². The number of carbonyl (C=O) groups is 2. The fraction of sp³-hybridized carbons (Fsp3) is 0.385. The summed E-state index contributed by atoms with van der Waals surface area (Å²) in [5.41, 5.74) is 2.67. The van der Waals surface area contributed by atoms with Crippen molar-refractivity contribution in [1.82, 2.24) is 19.9 Å². The monoisotopic (exact) mass is 593 g/mol. The maximum Gasteiger partial charge on any atom is 0.343 e. The Morgan fingerprint density at radius 3 is 2.03 bits per heavy atom. The summed E-state index contributed by atoms with van der Waals surface area (Å²) in [7, 11) is 0. The van der Waals surface area contributed by atoms with Gasteiger partial charge in [-0.3, -0.25) is 0 Å². The van der Waals surface area contributed by atoms with Gasteiger partial charge in [-0.05, 0) is 57.4 Å². The standard InChI is InChI=1S/C18H23N3O3S.C8H9ClN2O2S/c1-5-23-15-8-7-13(9-12(15)3)10-19-16-14(17(22)24-6-2)11-20-18(21-16)25-4;1-3-13-7(12)5-4-10-8(14-2)11-6(5)9/h7-9,11H,5-6,10H2,1-4H3,(H,19,20,21);4H,3H2,1-2H3. The highest BCUT2D eigenvalue weighted by Crippen LogP contribution is 2.22. The fourth-order valence-corrected chi connectivity index (χ4v) is 4.01. The van der Waals surface area contributed by atoms with E-state index in [1.807, 2.05) is 38.5 Å². The van der Waals surface area contributed by atoms with Crippen LogP contribution in [0.15, 0.2) is 40.9 Å². The van der Waals surface area contributed by atoms with E-state index in [-0.39, 0.29) is 10.7 Å². The Bertz CT molecular complexity index is 1270. The number of nitrogens with zero attached hydrogens (tertiary/aromatic N) is 4. The lowest BCUT2D eigenvalue weighted by Crippen LogP contribution is -2.12. The first-order valence-electron chi connectivity index (χ1n) is 12.1. The number of anilines is 1. The van der Waals surface area contributed by atoms with Crippen molar-refractivity contribution in [3.8, 4) is 5.75 Å². The van der Waals surface area contributed by atoms with Crippen LogP contribution in [0.3, 0.4) is 0 Å². The molecule has 13 heteroatoms. The van der Waals surface area contributed by atoms with Crippen LogP contribution in [0.1, 0.15) is 52.6 Å². The summed E-state index contributed by atoms with van der Waals surface area (Å²) in [5, 5.41) is 4.47. The van der Waals surface area contributed by atoms with Crippen molar-refractivity contribution >= 4 is 52.9 Å². The number of aryl methyl sites for hydroxylation is 1. The lowest BCUT2D eigenvalue weighted by atomic mass is 10.1. The highest BCUT2D eigenvalue weighted by Gasteiger charge is 2.16. The van der Waals surface area contributed by atoms with Crippen molar-refractivity contribution in [3.05, 3.63) is 58.0 Å².